The number of carboxylic acid groups (broad SMARTS) is 1. The van der Waals surface area contributed by atoms with E-state index in [0.717, 1.165) is 35.1 Å². The van der Waals surface area contributed by atoms with Crippen LogP contribution < -0.4 is 5.32 Å². The van der Waals surface area contributed by atoms with Gasteiger partial charge in [0, 0.05) is 19.0 Å². The molecule has 2 aromatic rings. The van der Waals surface area contributed by atoms with Gasteiger partial charge in [-0.3, -0.25) is 9.59 Å². The van der Waals surface area contributed by atoms with Crippen molar-refractivity contribution in [3.63, 3.8) is 0 Å². The zero-order valence-corrected chi connectivity index (χ0v) is 20.0. The number of likely N-dealkylation sites (tertiary alicyclic amines) is 1. The van der Waals surface area contributed by atoms with Crippen LogP contribution in [0.25, 0.3) is 11.1 Å². The van der Waals surface area contributed by atoms with Crippen LogP contribution in [0.5, 0.6) is 0 Å². The second-order valence-corrected chi connectivity index (χ2v) is 9.44. The fraction of sp³-hybridized carbons (Fsp3) is 0.393. The normalized spacial score (nSPS) is 16.4. The minimum atomic E-state index is -0.990. The first-order valence-corrected chi connectivity index (χ1v) is 12.1. The second kappa shape index (κ2) is 10.3. The molecule has 1 fully saturated rings. The van der Waals surface area contributed by atoms with E-state index in [4.69, 9.17) is 4.74 Å². The molecule has 2 amide bonds. The van der Waals surface area contributed by atoms with Crippen molar-refractivity contribution in [3.8, 4) is 11.1 Å². The number of fused-ring (bicyclic) bond motifs is 3. The van der Waals surface area contributed by atoms with Gasteiger partial charge in [0.1, 0.15) is 18.1 Å². The number of benzene rings is 2. The molecule has 1 aliphatic heterocycles. The molecule has 1 saturated heterocycles. The number of hydrogen-bond acceptors (Lipinski definition) is 4. The van der Waals surface area contributed by atoms with Crippen molar-refractivity contribution in [3.05, 3.63) is 72.3 Å². The number of alkyl carbamates (subject to hydrolysis) is 1. The van der Waals surface area contributed by atoms with Crippen molar-refractivity contribution < 1.29 is 24.2 Å². The number of amides is 2. The predicted molar refractivity (Wildman–Crippen MR) is 133 cm³/mol. The number of carbonyl (C=O) groups is 3. The molecule has 2 aliphatic rings. The summed E-state index contributed by atoms with van der Waals surface area (Å²) in [5.41, 5.74) is 3.54. The van der Waals surface area contributed by atoms with Crippen molar-refractivity contribution in [2.24, 2.45) is 5.41 Å². The zero-order chi connectivity index (χ0) is 25.0. The molecule has 4 rings (SSSR count). The van der Waals surface area contributed by atoms with E-state index in [1.165, 1.54) is 4.90 Å². The molecule has 1 aliphatic carbocycles. The van der Waals surface area contributed by atoms with Gasteiger partial charge in [0.25, 0.3) is 0 Å². The van der Waals surface area contributed by atoms with Crippen LogP contribution in [0.2, 0.25) is 0 Å². The summed E-state index contributed by atoms with van der Waals surface area (Å²) in [4.78, 5) is 39.1. The Morgan fingerprint density at radius 1 is 1.14 bits per heavy atom. The van der Waals surface area contributed by atoms with Gasteiger partial charge < -0.3 is 20.1 Å². The lowest BCUT2D eigenvalue weighted by molar-refractivity contribution is -0.166. The van der Waals surface area contributed by atoms with Gasteiger partial charge in [-0.25, -0.2) is 4.79 Å². The number of nitrogens with zero attached hydrogens (tertiary/aromatic N) is 1. The number of ether oxygens (including phenoxy) is 1. The van der Waals surface area contributed by atoms with Gasteiger partial charge in [-0.1, -0.05) is 74.4 Å². The number of carbonyl (C=O) groups excluding carboxylic acids is 2. The van der Waals surface area contributed by atoms with Crippen LogP contribution in [0.4, 0.5) is 4.79 Å². The Bertz CT molecular complexity index is 1080. The Labute approximate surface area is 205 Å². The molecule has 0 bridgehead atoms. The van der Waals surface area contributed by atoms with E-state index in [1.54, 1.807) is 6.08 Å². The van der Waals surface area contributed by atoms with Crippen molar-refractivity contribution in [1.29, 1.82) is 0 Å². The maximum absolute atomic E-state index is 13.1. The third-order valence-corrected chi connectivity index (χ3v) is 7.07. The van der Waals surface area contributed by atoms with Gasteiger partial charge in [-0.05, 0) is 35.1 Å². The van der Waals surface area contributed by atoms with Crippen molar-refractivity contribution in [1.82, 2.24) is 10.2 Å². The van der Waals surface area contributed by atoms with E-state index in [9.17, 15) is 19.5 Å². The summed E-state index contributed by atoms with van der Waals surface area (Å²) in [5, 5.41) is 12.3. The van der Waals surface area contributed by atoms with Crippen molar-refractivity contribution in [2.75, 3.05) is 19.7 Å². The average molecular weight is 477 g/mol. The highest BCUT2D eigenvalue weighted by molar-refractivity contribution is 5.89. The van der Waals surface area contributed by atoms with E-state index >= 15 is 0 Å². The fourth-order valence-corrected chi connectivity index (χ4v) is 5.14. The molecule has 35 heavy (non-hydrogen) atoms. The maximum atomic E-state index is 13.1. The molecule has 0 unspecified atom stereocenters. The molecule has 184 valence electrons. The van der Waals surface area contributed by atoms with Crippen LogP contribution in [-0.2, 0) is 14.3 Å². The molecule has 0 radical (unpaired) electrons. The topological polar surface area (TPSA) is 95.9 Å². The monoisotopic (exact) mass is 476 g/mol. The first-order chi connectivity index (χ1) is 16.9. The molecule has 1 atom stereocenters. The first kappa shape index (κ1) is 24.5. The Kier molecular flexibility index (Phi) is 7.24. The predicted octanol–water partition coefficient (Wildman–Crippen LogP) is 4.57. The lowest BCUT2D eigenvalue weighted by Crippen LogP contribution is -2.65. The summed E-state index contributed by atoms with van der Waals surface area (Å²) in [7, 11) is 0. The second-order valence-electron chi connectivity index (χ2n) is 9.44. The first-order valence-electron chi connectivity index (χ1n) is 12.1. The summed E-state index contributed by atoms with van der Waals surface area (Å²) in [6.07, 6.45) is 3.32. The quantitative estimate of drug-likeness (QED) is 0.490. The van der Waals surface area contributed by atoms with Gasteiger partial charge in [0.05, 0.1) is 0 Å². The molecule has 0 spiro atoms. The van der Waals surface area contributed by atoms with Crippen LogP contribution in [0.1, 0.15) is 49.7 Å². The summed E-state index contributed by atoms with van der Waals surface area (Å²) < 4.78 is 5.62. The van der Waals surface area contributed by atoms with E-state index in [-0.39, 0.29) is 31.5 Å². The number of aliphatic carboxylic acids is 1. The molecule has 2 aromatic carbocycles. The molecule has 0 saturated carbocycles. The number of nitrogens with one attached hydrogen (secondary N) is 1. The highest BCUT2D eigenvalue weighted by atomic mass is 16.5. The number of allylic oxidation sites excluding steroid dienone is 1. The van der Waals surface area contributed by atoms with Crippen LogP contribution >= 0.6 is 0 Å². The Hall–Kier alpha value is -3.61. The molecule has 7 nitrogen and oxygen atoms in total. The minimum Gasteiger partial charge on any atom is -0.481 e. The van der Waals surface area contributed by atoms with Crippen LogP contribution in [0.15, 0.2) is 61.2 Å². The van der Waals surface area contributed by atoms with Gasteiger partial charge in [-0.15, -0.1) is 6.58 Å². The number of rotatable bonds is 10. The highest BCUT2D eigenvalue weighted by Crippen LogP contribution is 2.44. The van der Waals surface area contributed by atoms with Crippen LogP contribution in [0, 0.1) is 5.41 Å². The van der Waals surface area contributed by atoms with E-state index in [2.05, 4.69) is 36.2 Å². The largest absolute Gasteiger partial charge is 0.481 e. The fourth-order valence-electron chi connectivity index (χ4n) is 5.14. The molecular formula is C28H32N2O5. The summed E-state index contributed by atoms with van der Waals surface area (Å²) in [5.74, 6) is -1.27. The molecule has 7 heteroatoms. The summed E-state index contributed by atoms with van der Waals surface area (Å²) in [6, 6.07) is 15.5. The van der Waals surface area contributed by atoms with Crippen molar-refractivity contribution in [2.45, 2.75) is 44.6 Å². The smallest absolute Gasteiger partial charge is 0.407 e. The maximum Gasteiger partial charge on any atom is 0.407 e. The standard InChI is InChI=1S/C28H32N2O5/c1-3-5-14-24(25(31)30-17-28(18-30,15-4-2)26(32)33)29-27(34)35-16-23-21-12-8-6-10-19(21)20-11-7-9-13-22(20)23/h4,6-13,23-24H,2-3,5,14-18H2,1H3,(H,29,34)(H,32,33)/t24-/m0/s1. The summed E-state index contributed by atoms with van der Waals surface area (Å²) >= 11 is 0. The number of carboxylic acids is 1. The lowest BCUT2D eigenvalue weighted by atomic mass is 9.76. The highest BCUT2D eigenvalue weighted by Gasteiger charge is 2.51. The summed E-state index contributed by atoms with van der Waals surface area (Å²) in [6.45, 7) is 6.04. The lowest BCUT2D eigenvalue weighted by Gasteiger charge is -2.47. The molecular weight excluding hydrogens is 444 g/mol. The number of hydrogen-bond donors (Lipinski definition) is 2. The van der Waals surface area contributed by atoms with Crippen LogP contribution in [-0.4, -0.2) is 53.7 Å². The Balaban J connectivity index is 1.39. The average Bonchev–Trinajstić information content (AvgIpc) is 3.15. The van der Waals surface area contributed by atoms with Gasteiger partial charge in [0.15, 0.2) is 0 Å². The third-order valence-electron chi connectivity index (χ3n) is 7.07. The van der Waals surface area contributed by atoms with E-state index < -0.39 is 23.5 Å². The SMILES string of the molecule is C=CCC1(C(=O)O)CN(C(=O)[C@H](CCCC)NC(=O)OCC2c3ccccc3-c3ccccc32)C1. The molecule has 0 aromatic heterocycles. The zero-order valence-electron chi connectivity index (χ0n) is 20.0. The third kappa shape index (κ3) is 4.81. The molecule has 1 heterocycles. The number of unbranched alkanes of at least 4 members (excludes halogenated alkanes) is 1. The Morgan fingerprint density at radius 2 is 1.74 bits per heavy atom. The molecule has 2 N–H and O–H groups in total. The van der Waals surface area contributed by atoms with Gasteiger partial charge >= 0.3 is 12.1 Å². The van der Waals surface area contributed by atoms with Crippen LogP contribution in [0.3, 0.4) is 0 Å². The van der Waals surface area contributed by atoms with Crippen molar-refractivity contribution >= 4 is 18.0 Å². The van der Waals surface area contributed by atoms with E-state index in [0.29, 0.717) is 12.8 Å². The minimum absolute atomic E-state index is 0.0663. The van der Waals surface area contributed by atoms with E-state index in [1.807, 2.05) is 31.2 Å². The van der Waals surface area contributed by atoms with Gasteiger partial charge in [-0.2, -0.15) is 0 Å². The Morgan fingerprint density at radius 3 is 2.29 bits per heavy atom. The van der Waals surface area contributed by atoms with Gasteiger partial charge in [0.2, 0.25) is 5.91 Å².